The largest absolute Gasteiger partial charge is 0.504 e. The van der Waals surface area contributed by atoms with Crippen molar-refractivity contribution in [3.63, 3.8) is 0 Å². The minimum atomic E-state index is -0.378. The molecule has 3 nitrogen and oxygen atoms in total. The minimum Gasteiger partial charge on any atom is -0.504 e. The highest BCUT2D eigenvalue weighted by atomic mass is 16.3. The average Bonchev–Trinajstić information content (AvgIpc) is 2.51. The van der Waals surface area contributed by atoms with Gasteiger partial charge in [-0.3, -0.25) is 9.59 Å². The molecule has 0 atom stereocenters. The van der Waals surface area contributed by atoms with Crippen LogP contribution in [0.4, 0.5) is 0 Å². The van der Waals surface area contributed by atoms with Gasteiger partial charge in [-0.1, -0.05) is 43.1 Å². The van der Waals surface area contributed by atoms with Crippen molar-refractivity contribution in [1.29, 1.82) is 0 Å². The van der Waals surface area contributed by atoms with Gasteiger partial charge in [-0.2, -0.15) is 0 Å². The van der Waals surface area contributed by atoms with E-state index in [1.807, 2.05) is 13.0 Å². The maximum Gasteiger partial charge on any atom is 0.223 e. The predicted molar refractivity (Wildman–Crippen MR) is 98.9 cm³/mol. The van der Waals surface area contributed by atoms with Crippen LogP contribution in [0.25, 0.3) is 0 Å². The highest BCUT2D eigenvalue weighted by Crippen LogP contribution is 2.24. The lowest BCUT2D eigenvalue weighted by atomic mass is 9.90. The smallest absolute Gasteiger partial charge is 0.223 e. The maximum atomic E-state index is 12.2. The van der Waals surface area contributed by atoms with Gasteiger partial charge in [0, 0.05) is 11.1 Å². The molecule has 0 unspecified atom stereocenters. The molecule has 1 aliphatic rings. The highest BCUT2D eigenvalue weighted by Gasteiger charge is 2.27. The molecule has 0 heterocycles. The summed E-state index contributed by atoms with van der Waals surface area (Å²) in [5, 5.41) is 10.1. The number of carbonyl (C=O) groups is 2. The Balaban J connectivity index is 2.70. The van der Waals surface area contributed by atoms with Crippen molar-refractivity contribution in [2.24, 2.45) is 0 Å². The van der Waals surface area contributed by atoms with E-state index in [1.54, 1.807) is 0 Å². The molecule has 1 N–H and O–H groups in total. The molecule has 0 aromatic carbocycles. The zero-order valence-electron chi connectivity index (χ0n) is 15.4. The summed E-state index contributed by atoms with van der Waals surface area (Å²) in [5.74, 6) is -0.967. The van der Waals surface area contributed by atoms with Crippen molar-refractivity contribution in [3.8, 4) is 0 Å². The summed E-state index contributed by atoms with van der Waals surface area (Å²) in [6.07, 6.45) is 11.2. The average molecular weight is 330 g/mol. The first-order valence-corrected chi connectivity index (χ1v) is 8.87. The molecule has 0 bridgehead atoms. The van der Waals surface area contributed by atoms with Gasteiger partial charge in [0.1, 0.15) is 0 Å². The molecule has 24 heavy (non-hydrogen) atoms. The fourth-order valence-corrected chi connectivity index (χ4v) is 2.63. The number of rotatable bonds is 9. The second-order valence-corrected chi connectivity index (χ2v) is 6.72. The number of aliphatic hydroxyl groups excluding tert-OH is 1. The van der Waals surface area contributed by atoms with E-state index < -0.39 is 0 Å². The third kappa shape index (κ3) is 6.31. The van der Waals surface area contributed by atoms with Crippen LogP contribution in [0.3, 0.4) is 0 Å². The molecular formula is C21H30O3. The molecule has 0 saturated carbocycles. The number of carbonyl (C=O) groups excluding carboxylic acids is 2. The molecule has 132 valence electrons. The van der Waals surface area contributed by atoms with Crippen molar-refractivity contribution in [1.82, 2.24) is 0 Å². The van der Waals surface area contributed by atoms with Crippen LogP contribution in [-0.4, -0.2) is 16.7 Å². The van der Waals surface area contributed by atoms with E-state index in [0.29, 0.717) is 18.4 Å². The fourth-order valence-electron chi connectivity index (χ4n) is 2.63. The quantitative estimate of drug-likeness (QED) is 0.343. The molecule has 0 aromatic heterocycles. The van der Waals surface area contributed by atoms with Crippen LogP contribution >= 0.6 is 0 Å². The molecule has 0 aromatic rings. The number of hydrogen-bond donors (Lipinski definition) is 1. The van der Waals surface area contributed by atoms with Crippen LogP contribution < -0.4 is 0 Å². The minimum absolute atomic E-state index is 0.223. The van der Waals surface area contributed by atoms with E-state index in [0.717, 1.165) is 37.7 Å². The van der Waals surface area contributed by atoms with Crippen molar-refractivity contribution >= 4 is 11.6 Å². The number of unbranched alkanes of at least 4 members (excludes halogenated alkanes) is 2. The Bertz CT molecular complexity index is 597. The van der Waals surface area contributed by atoms with E-state index >= 15 is 0 Å². The van der Waals surface area contributed by atoms with E-state index in [9.17, 15) is 14.7 Å². The molecular weight excluding hydrogens is 300 g/mol. The van der Waals surface area contributed by atoms with Gasteiger partial charge < -0.3 is 5.11 Å². The molecule has 0 fully saturated rings. The van der Waals surface area contributed by atoms with Gasteiger partial charge in [0.25, 0.3) is 0 Å². The summed E-state index contributed by atoms with van der Waals surface area (Å²) in [6.45, 7) is 8.23. The highest BCUT2D eigenvalue weighted by molar-refractivity contribution is 6.21. The molecule has 0 radical (unpaired) electrons. The van der Waals surface area contributed by atoms with E-state index in [2.05, 4.69) is 26.8 Å². The lowest BCUT2D eigenvalue weighted by Gasteiger charge is -2.14. The summed E-state index contributed by atoms with van der Waals surface area (Å²) < 4.78 is 0. The molecule has 1 rings (SSSR count). The number of Topliss-reactive ketones (excluding diaryl/α,β-unsaturated/α-hetero) is 1. The Morgan fingerprint density at radius 3 is 2.46 bits per heavy atom. The van der Waals surface area contributed by atoms with Crippen LogP contribution in [0.5, 0.6) is 0 Å². The standard InChI is InChI=1S/C21H30O3/c1-5-6-7-11-17-14-19(22)18(21(24)20(17)23)13-12-16(4)10-8-9-15(2)3/h9,12,14,24H,5-8,10-11,13H2,1-4H3. The topological polar surface area (TPSA) is 54.4 Å². The van der Waals surface area contributed by atoms with E-state index in [-0.39, 0.29) is 22.9 Å². The van der Waals surface area contributed by atoms with Crippen LogP contribution in [0.2, 0.25) is 0 Å². The van der Waals surface area contributed by atoms with Gasteiger partial charge in [-0.15, -0.1) is 0 Å². The molecule has 0 aliphatic heterocycles. The monoisotopic (exact) mass is 330 g/mol. The van der Waals surface area contributed by atoms with Gasteiger partial charge in [0.15, 0.2) is 11.5 Å². The Morgan fingerprint density at radius 1 is 1.12 bits per heavy atom. The van der Waals surface area contributed by atoms with Gasteiger partial charge in [-0.05, 0) is 59.0 Å². The van der Waals surface area contributed by atoms with Crippen molar-refractivity contribution in [2.45, 2.75) is 72.6 Å². The normalized spacial score (nSPS) is 15.7. The lowest BCUT2D eigenvalue weighted by Crippen LogP contribution is -2.19. The summed E-state index contributed by atoms with van der Waals surface area (Å²) in [5.41, 5.74) is 3.11. The first-order valence-electron chi connectivity index (χ1n) is 8.87. The molecule has 0 spiro atoms. The summed E-state index contributed by atoms with van der Waals surface area (Å²) in [7, 11) is 0. The molecule has 0 amide bonds. The molecule has 0 saturated heterocycles. The van der Waals surface area contributed by atoms with Crippen molar-refractivity contribution in [2.75, 3.05) is 0 Å². The summed E-state index contributed by atoms with van der Waals surface area (Å²) >= 11 is 0. The van der Waals surface area contributed by atoms with E-state index in [1.165, 1.54) is 11.6 Å². The zero-order chi connectivity index (χ0) is 18.1. The zero-order valence-corrected chi connectivity index (χ0v) is 15.4. The first-order chi connectivity index (χ1) is 11.4. The summed E-state index contributed by atoms with van der Waals surface area (Å²) in [4.78, 5) is 24.4. The van der Waals surface area contributed by atoms with Crippen LogP contribution in [0.1, 0.15) is 72.6 Å². The van der Waals surface area contributed by atoms with Gasteiger partial charge >= 0.3 is 0 Å². The third-order valence-electron chi connectivity index (χ3n) is 4.19. The van der Waals surface area contributed by atoms with Crippen LogP contribution in [0.15, 0.2) is 46.3 Å². The van der Waals surface area contributed by atoms with Gasteiger partial charge in [-0.25, -0.2) is 0 Å². The van der Waals surface area contributed by atoms with E-state index in [4.69, 9.17) is 0 Å². The Kier molecular flexibility index (Phi) is 8.45. The predicted octanol–water partition coefficient (Wildman–Crippen LogP) is 5.54. The SMILES string of the molecule is CCCCCC1=CC(=O)C(CC=C(C)CCC=C(C)C)=C(O)C1=O. The lowest BCUT2D eigenvalue weighted by molar-refractivity contribution is -0.118. The molecule has 1 aliphatic carbocycles. The van der Waals surface area contributed by atoms with Crippen molar-refractivity contribution in [3.05, 3.63) is 46.3 Å². The maximum absolute atomic E-state index is 12.2. The molecule has 3 heteroatoms. The first kappa shape index (κ1) is 20.1. The summed E-state index contributed by atoms with van der Waals surface area (Å²) in [6, 6.07) is 0. The van der Waals surface area contributed by atoms with Crippen molar-refractivity contribution < 1.29 is 14.7 Å². The van der Waals surface area contributed by atoms with Gasteiger partial charge in [0.2, 0.25) is 5.78 Å². The van der Waals surface area contributed by atoms with Crippen LogP contribution in [-0.2, 0) is 9.59 Å². The fraction of sp³-hybridized carbons (Fsp3) is 0.524. The second-order valence-electron chi connectivity index (χ2n) is 6.72. The Hall–Kier alpha value is -1.90. The Morgan fingerprint density at radius 2 is 1.83 bits per heavy atom. The third-order valence-corrected chi connectivity index (χ3v) is 4.19. The number of aliphatic hydroxyl groups is 1. The second kappa shape index (κ2) is 10.1. The van der Waals surface area contributed by atoms with Gasteiger partial charge in [0.05, 0.1) is 0 Å². The Labute approximate surface area is 145 Å². The number of allylic oxidation sites excluding steroid dienone is 7. The number of ketones is 2. The number of hydrogen-bond acceptors (Lipinski definition) is 3. The van der Waals surface area contributed by atoms with Crippen LogP contribution in [0, 0.1) is 0 Å².